The molecule has 106 valence electrons. The molecule has 2 unspecified atom stereocenters. The molecule has 0 aromatic heterocycles. The zero-order valence-corrected chi connectivity index (χ0v) is 9.35. The Morgan fingerprint density at radius 3 is 0.611 bits per heavy atom. The van der Waals surface area contributed by atoms with E-state index in [9.17, 15) is 40.9 Å². The van der Waals surface area contributed by atoms with E-state index < -0.39 is 60.7 Å². The summed E-state index contributed by atoms with van der Waals surface area (Å²) in [6.45, 7) is 0. The maximum Gasteiger partial charge on any atom is 0.109 e. The van der Waals surface area contributed by atoms with E-state index in [4.69, 9.17) is 0 Å². The van der Waals surface area contributed by atoms with Gasteiger partial charge in [0.1, 0.15) is 24.4 Å². The largest absolute Gasteiger partial charge is 0.390 e. The fourth-order valence-electron chi connectivity index (χ4n) is 3.03. The van der Waals surface area contributed by atoms with Crippen molar-refractivity contribution in [3.63, 3.8) is 0 Å². The standard InChI is InChI=1S/C10H18O8/c11-3-1-2(5(13)9(17)7(3)15)6(14)10(18)8(16)4(1)12/h1-18H/t1?,2?,3-,4-,5-,6+,7-,8-,9-,10+/m0/s1. The van der Waals surface area contributed by atoms with Gasteiger partial charge in [0.15, 0.2) is 0 Å². The molecule has 0 saturated heterocycles. The van der Waals surface area contributed by atoms with Crippen molar-refractivity contribution in [3.05, 3.63) is 0 Å². The molecule has 0 aromatic carbocycles. The summed E-state index contributed by atoms with van der Waals surface area (Å²) >= 11 is 0. The Morgan fingerprint density at radius 2 is 0.444 bits per heavy atom. The first-order chi connectivity index (χ1) is 8.29. The molecule has 0 aromatic rings. The highest BCUT2D eigenvalue weighted by Crippen LogP contribution is 2.41. The summed E-state index contributed by atoms with van der Waals surface area (Å²) in [4.78, 5) is 0. The van der Waals surface area contributed by atoms with Crippen LogP contribution in [0.25, 0.3) is 0 Å². The molecule has 18 heavy (non-hydrogen) atoms. The summed E-state index contributed by atoms with van der Waals surface area (Å²) in [5, 5.41) is 77.1. The van der Waals surface area contributed by atoms with Gasteiger partial charge in [-0.3, -0.25) is 0 Å². The van der Waals surface area contributed by atoms with Crippen LogP contribution < -0.4 is 0 Å². The lowest BCUT2D eigenvalue weighted by molar-refractivity contribution is -0.271. The predicted molar refractivity (Wildman–Crippen MR) is 55.0 cm³/mol. The van der Waals surface area contributed by atoms with Crippen LogP contribution in [0.15, 0.2) is 0 Å². The van der Waals surface area contributed by atoms with E-state index in [-0.39, 0.29) is 0 Å². The first kappa shape index (κ1) is 14.1. The summed E-state index contributed by atoms with van der Waals surface area (Å²) in [5.41, 5.74) is 0. The average Bonchev–Trinajstić information content (AvgIpc) is 2.35. The second-order valence-electron chi connectivity index (χ2n) is 5.08. The van der Waals surface area contributed by atoms with E-state index in [1.165, 1.54) is 0 Å². The molecule has 0 spiro atoms. The molecular weight excluding hydrogens is 248 g/mol. The Hall–Kier alpha value is -0.320. The topological polar surface area (TPSA) is 162 Å². The zero-order valence-electron chi connectivity index (χ0n) is 9.35. The summed E-state index contributed by atoms with van der Waals surface area (Å²) in [6, 6.07) is 0. The van der Waals surface area contributed by atoms with E-state index in [1.54, 1.807) is 0 Å². The summed E-state index contributed by atoms with van der Waals surface area (Å²) < 4.78 is 0. The third-order valence-electron chi connectivity index (χ3n) is 4.12. The van der Waals surface area contributed by atoms with Gasteiger partial charge in [-0.1, -0.05) is 0 Å². The molecule has 2 fully saturated rings. The smallest absolute Gasteiger partial charge is 0.109 e. The normalized spacial score (nSPS) is 61.3. The van der Waals surface area contributed by atoms with Crippen LogP contribution in [0.2, 0.25) is 0 Å². The summed E-state index contributed by atoms with van der Waals surface area (Å²) in [6.07, 6.45) is -13.3. The van der Waals surface area contributed by atoms with Crippen molar-refractivity contribution in [2.75, 3.05) is 0 Å². The number of rotatable bonds is 0. The van der Waals surface area contributed by atoms with Crippen molar-refractivity contribution in [1.82, 2.24) is 0 Å². The lowest BCUT2D eigenvalue weighted by atomic mass is 9.62. The molecule has 0 radical (unpaired) electrons. The van der Waals surface area contributed by atoms with E-state index in [0.29, 0.717) is 0 Å². The molecule has 2 saturated carbocycles. The molecule has 8 N–H and O–H groups in total. The van der Waals surface area contributed by atoms with Gasteiger partial charge in [-0.2, -0.15) is 0 Å². The monoisotopic (exact) mass is 266 g/mol. The van der Waals surface area contributed by atoms with Crippen molar-refractivity contribution in [2.45, 2.75) is 48.8 Å². The van der Waals surface area contributed by atoms with Gasteiger partial charge in [-0.05, 0) is 0 Å². The van der Waals surface area contributed by atoms with Crippen LogP contribution in [0.5, 0.6) is 0 Å². The summed E-state index contributed by atoms with van der Waals surface area (Å²) in [7, 11) is 0. The van der Waals surface area contributed by atoms with Gasteiger partial charge in [-0.15, -0.1) is 0 Å². The average molecular weight is 266 g/mol. The quantitative estimate of drug-likeness (QED) is 0.216. The highest BCUT2D eigenvalue weighted by molar-refractivity contribution is 5.09. The summed E-state index contributed by atoms with van der Waals surface area (Å²) in [5.74, 6) is -2.49. The van der Waals surface area contributed by atoms with Crippen LogP contribution in [-0.4, -0.2) is 89.7 Å². The highest BCUT2D eigenvalue weighted by Gasteiger charge is 2.59. The Bertz CT molecular complexity index is 254. The molecular formula is C10H18O8. The van der Waals surface area contributed by atoms with Crippen LogP contribution in [0.1, 0.15) is 0 Å². The molecule has 2 aliphatic rings. The Labute approximate surface area is 102 Å². The van der Waals surface area contributed by atoms with Crippen molar-refractivity contribution in [3.8, 4) is 0 Å². The van der Waals surface area contributed by atoms with Crippen LogP contribution in [0, 0.1) is 11.8 Å². The third-order valence-corrected chi connectivity index (χ3v) is 4.12. The number of hydrogen-bond donors (Lipinski definition) is 8. The zero-order chi connectivity index (χ0) is 13.8. The maximum absolute atomic E-state index is 9.77. The van der Waals surface area contributed by atoms with E-state index in [2.05, 4.69) is 0 Å². The number of aliphatic hydroxyl groups excluding tert-OH is 8. The minimum Gasteiger partial charge on any atom is -0.390 e. The molecule has 2 aliphatic carbocycles. The van der Waals surface area contributed by atoms with Crippen LogP contribution >= 0.6 is 0 Å². The molecule has 0 heterocycles. The van der Waals surface area contributed by atoms with E-state index in [1.807, 2.05) is 0 Å². The van der Waals surface area contributed by atoms with E-state index >= 15 is 0 Å². The van der Waals surface area contributed by atoms with Crippen LogP contribution in [0.3, 0.4) is 0 Å². The number of fused-ring (bicyclic) bond motifs is 1. The second kappa shape index (κ2) is 4.66. The fourth-order valence-corrected chi connectivity index (χ4v) is 3.03. The molecule has 8 nitrogen and oxygen atoms in total. The van der Waals surface area contributed by atoms with Gasteiger partial charge >= 0.3 is 0 Å². The number of hydrogen-bond acceptors (Lipinski definition) is 8. The molecule has 0 bridgehead atoms. The van der Waals surface area contributed by atoms with Gasteiger partial charge in [0.05, 0.1) is 24.4 Å². The van der Waals surface area contributed by atoms with Crippen molar-refractivity contribution in [2.24, 2.45) is 11.8 Å². The highest BCUT2D eigenvalue weighted by atomic mass is 16.4. The maximum atomic E-state index is 9.77. The van der Waals surface area contributed by atoms with E-state index in [0.717, 1.165) is 0 Å². The second-order valence-corrected chi connectivity index (χ2v) is 5.08. The Balaban J connectivity index is 2.36. The van der Waals surface area contributed by atoms with Crippen molar-refractivity contribution >= 4 is 0 Å². The fraction of sp³-hybridized carbons (Fsp3) is 1.00. The first-order valence-corrected chi connectivity index (χ1v) is 5.73. The molecule has 0 aliphatic heterocycles. The Morgan fingerprint density at radius 1 is 0.278 bits per heavy atom. The molecule has 10 atom stereocenters. The minimum absolute atomic E-state index is 1.24. The van der Waals surface area contributed by atoms with Gasteiger partial charge in [0.25, 0.3) is 0 Å². The first-order valence-electron chi connectivity index (χ1n) is 5.73. The lowest BCUT2D eigenvalue weighted by Gasteiger charge is -2.52. The molecule has 0 amide bonds. The van der Waals surface area contributed by atoms with Gasteiger partial charge < -0.3 is 40.9 Å². The Kier molecular flexibility index (Phi) is 3.65. The van der Waals surface area contributed by atoms with Crippen LogP contribution in [0.4, 0.5) is 0 Å². The van der Waals surface area contributed by atoms with Crippen LogP contribution in [-0.2, 0) is 0 Å². The minimum atomic E-state index is -1.70. The molecule has 2 rings (SSSR count). The molecule has 8 heteroatoms. The van der Waals surface area contributed by atoms with Gasteiger partial charge in [0.2, 0.25) is 0 Å². The number of aliphatic hydroxyl groups is 8. The SMILES string of the molecule is O[C@@H]1[C@@H](O)[C@@H](O)C2C([C@@H](O)[C@@H](O)[C@@H](O)[C@H]2O)[C@@H]1O. The van der Waals surface area contributed by atoms with Gasteiger partial charge in [-0.25, -0.2) is 0 Å². The van der Waals surface area contributed by atoms with Crippen molar-refractivity contribution < 1.29 is 40.9 Å². The lowest BCUT2D eigenvalue weighted by Crippen LogP contribution is -2.71. The van der Waals surface area contributed by atoms with Gasteiger partial charge in [0, 0.05) is 11.8 Å². The predicted octanol–water partition coefficient (Wildman–Crippen LogP) is -4.87. The third kappa shape index (κ3) is 1.77. The van der Waals surface area contributed by atoms with Crippen molar-refractivity contribution in [1.29, 1.82) is 0 Å².